The highest BCUT2D eigenvalue weighted by Crippen LogP contribution is 2.33. The number of carbonyl (C=O) groups is 3. The molecule has 2 heterocycles. The standard InChI is InChI=1S/C26H37N5O6/c1-18(2)15-30(20-14-26(3,24(33)34)17-29(16-20)25(35)36)23(32)22-21(12-8-9-13-37-4)31(28-27-22)19-10-6-5-7-11-19/h5-7,10-11,18,20H,8-9,12-17H2,1-4H3,(H,33,34)(H,35,36)/t20-,26+/m0/s1. The summed E-state index contributed by atoms with van der Waals surface area (Å²) < 4.78 is 6.84. The number of unbranched alkanes of at least 4 members (excludes halogenated alkanes) is 1. The number of piperidine rings is 1. The zero-order valence-electron chi connectivity index (χ0n) is 22.0. The van der Waals surface area contributed by atoms with E-state index in [1.807, 2.05) is 44.2 Å². The monoisotopic (exact) mass is 515 g/mol. The summed E-state index contributed by atoms with van der Waals surface area (Å²) in [6, 6.07) is 8.81. The van der Waals surface area contributed by atoms with Crippen LogP contribution >= 0.6 is 0 Å². The van der Waals surface area contributed by atoms with E-state index in [1.54, 1.807) is 16.7 Å². The van der Waals surface area contributed by atoms with Crippen molar-refractivity contribution in [3.8, 4) is 5.69 Å². The van der Waals surface area contributed by atoms with E-state index in [1.165, 1.54) is 6.92 Å². The van der Waals surface area contributed by atoms with Gasteiger partial charge in [0.25, 0.3) is 5.91 Å². The molecule has 0 unspecified atom stereocenters. The summed E-state index contributed by atoms with van der Waals surface area (Å²) in [6.07, 6.45) is 1.03. The molecule has 0 spiro atoms. The predicted octanol–water partition coefficient (Wildman–Crippen LogP) is 3.18. The maximum absolute atomic E-state index is 14.1. The van der Waals surface area contributed by atoms with Crippen LogP contribution < -0.4 is 0 Å². The van der Waals surface area contributed by atoms with Crippen molar-refractivity contribution in [3.05, 3.63) is 41.7 Å². The zero-order chi connectivity index (χ0) is 27.2. The molecule has 1 saturated heterocycles. The number of likely N-dealkylation sites (tertiary alicyclic amines) is 1. The zero-order valence-corrected chi connectivity index (χ0v) is 22.0. The van der Waals surface area contributed by atoms with Crippen LogP contribution in [0.2, 0.25) is 0 Å². The van der Waals surface area contributed by atoms with Gasteiger partial charge < -0.3 is 24.7 Å². The quantitative estimate of drug-likeness (QED) is 0.435. The Bertz CT molecular complexity index is 1090. The smallest absolute Gasteiger partial charge is 0.407 e. The van der Waals surface area contributed by atoms with Gasteiger partial charge in [-0.2, -0.15) is 0 Å². The number of aromatic nitrogens is 3. The fraction of sp³-hybridized carbons (Fsp3) is 0.577. The Morgan fingerprint density at radius 3 is 2.49 bits per heavy atom. The Kier molecular flexibility index (Phi) is 9.25. The molecule has 37 heavy (non-hydrogen) atoms. The van der Waals surface area contributed by atoms with Gasteiger partial charge in [0.2, 0.25) is 0 Å². The normalized spacial score (nSPS) is 19.7. The number of methoxy groups -OCH3 is 1. The van der Waals surface area contributed by atoms with Crippen LogP contribution in [0.4, 0.5) is 4.79 Å². The number of amides is 2. The molecule has 1 fully saturated rings. The van der Waals surface area contributed by atoms with Crippen molar-refractivity contribution in [2.45, 2.75) is 52.5 Å². The first-order valence-electron chi connectivity index (χ1n) is 12.6. The number of para-hydroxylation sites is 1. The number of carboxylic acids is 1. The lowest BCUT2D eigenvalue weighted by Gasteiger charge is -2.45. The largest absolute Gasteiger partial charge is 0.481 e. The van der Waals surface area contributed by atoms with Crippen molar-refractivity contribution in [1.29, 1.82) is 0 Å². The number of benzene rings is 1. The van der Waals surface area contributed by atoms with Crippen LogP contribution in [0.3, 0.4) is 0 Å². The molecule has 1 aromatic heterocycles. The van der Waals surface area contributed by atoms with Gasteiger partial charge in [0.1, 0.15) is 0 Å². The number of nitrogens with zero attached hydrogens (tertiary/aromatic N) is 5. The molecule has 2 atom stereocenters. The SMILES string of the molecule is COCCCCc1c(C(=O)N(CC(C)C)[C@@H]2CN(C(=O)O)C[C@](C)(C(=O)O)C2)nnn1-c1ccccc1. The molecule has 0 saturated carbocycles. The molecule has 1 aliphatic rings. The third kappa shape index (κ3) is 6.65. The number of carbonyl (C=O) groups excluding carboxylic acids is 1. The summed E-state index contributed by atoms with van der Waals surface area (Å²) in [5.41, 5.74) is 0.320. The van der Waals surface area contributed by atoms with Crippen LogP contribution in [0, 0.1) is 11.3 Å². The van der Waals surface area contributed by atoms with Gasteiger partial charge in [-0.3, -0.25) is 9.59 Å². The van der Waals surface area contributed by atoms with Gasteiger partial charge >= 0.3 is 12.1 Å². The molecule has 0 bridgehead atoms. The summed E-state index contributed by atoms with van der Waals surface area (Å²) in [4.78, 5) is 40.7. The molecule has 2 amide bonds. The van der Waals surface area contributed by atoms with E-state index in [-0.39, 0.29) is 37.0 Å². The van der Waals surface area contributed by atoms with Crippen LogP contribution in [0.15, 0.2) is 30.3 Å². The van der Waals surface area contributed by atoms with Crippen molar-refractivity contribution in [3.63, 3.8) is 0 Å². The average Bonchev–Trinajstić information content (AvgIpc) is 3.28. The Morgan fingerprint density at radius 2 is 1.89 bits per heavy atom. The van der Waals surface area contributed by atoms with Gasteiger partial charge in [-0.1, -0.05) is 37.3 Å². The first-order valence-corrected chi connectivity index (χ1v) is 12.6. The Morgan fingerprint density at radius 1 is 1.19 bits per heavy atom. The molecule has 11 heteroatoms. The molecule has 3 rings (SSSR count). The van der Waals surface area contributed by atoms with Crippen LogP contribution in [0.25, 0.3) is 5.69 Å². The minimum absolute atomic E-state index is 0.0344. The average molecular weight is 516 g/mol. The summed E-state index contributed by atoms with van der Waals surface area (Å²) in [5, 5.41) is 28.2. The molecule has 2 aromatic rings. The van der Waals surface area contributed by atoms with Crippen LogP contribution in [-0.4, -0.2) is 92.4 Å². The molecule has 1 aliphatic heterocycles. The van der Waals surface area contributed by atoms with Gasteiger partial charge in [0.05, 0.1) is 22.8 Å². The van der Waals surface area contributed by atoms with E-state index in [0.717, 1.165) is 23.4 Å². The highest BCUT2D eigenvalue weighted by Gasteiger charge is 2.46. The lowest BCUT2D eigenvalue weighted by atomic mass is 9.79. The highest BCUT2D eigenvalue weighted by molar-refractivity contribution is 5.94. The molecule has 0 aliphatic carbocycles. The van der Waals surface area contributed by atoms with Gasteiger partial charge in [0, 0.05) is 33.4 Å². The predicted molar refractivity (Wildman–Crippen MR) is 136 cm³/mol. The van der Waals surface area contributed by atoms with Gasteiger partial charge in [-0.25, -0.2) is 9.48 Å². The molecule has 0 radical (unpaired) electrons. The Labute approximate surface area is 217 Å². The van der Waals surface area contributed by atoms with Gasteiger partial charge in [-0.15, -0.1) is 5.10 Å². The number of hydrogen-bond acceptors (Lipinski definition) is 6. The van der Waals surface area contributed by atoms with E-state index < -0.39 is 23.5 Å². The summed E-state index contributed by atoms with van der Waals surface area (Å²) >= 11 is 0. The maximum Gasteiger partial charge on any atom is 0.407 e. The molecule has 1 aromatic carbocycles. The second-order valence-electron chi connectivity index (χ2n) is 10.3. The third-order valence-corrected chi connectivity index (χ3v) is 6.69. The van der Waals surface area contributed by atoms with Gasteiger partial charge in [0.15, 0.2) is 5.69 Å². The number of carboxylic acid groups (broad SMARTS) is 2. The summed E-state index contributed by atoms with van der Waals surface area (Å²) in [7, 11) is 1.64. The number of ether oxygens (including phenoxy) is 1. The minimum atomic E-state index is -1.32. The maximum atomic E-state index is 14.1. The van der Waals surface area contributed by atoms with Gasteiger partial charge in [-0.05, 0) is 50.7 Å². The van der Waals surface area contributed by atoms with Crippen molar-refractivity contribution < 1.29 is 29.3 Å². The molecule has 2 N–H and O–H groups in total. The fourth-order valence-electron chi connectivity index (χ4n) is 4.83. The topological polar surface area (TPSA) is 138 Å². The Hall–Kier alpha value is -3.47. The molecular weight excluding hydrogens is 478 g/mol. The summed E-state index contributed by atoms with van der Waals surface area (Å²) in [5.74, 6) is -1.40. The van der Waals surface area contributed by atoms with Crippen LogP contribution in [-0.2, 0) is 16.0 Å². The first-order chi connectivity index (χ1) is 17.6. The minimum Gasteiger partial charge on any atom is -0.481 e. The van der Waals surface area contributed by atoms with Crippen molar-refractivity contribution in [2.24, 2.45) is 11.3 Å². The number of hydrogen-bond donors (Lipinski definition) is 2. The Balaban J connectivity index is 2.01. The highest BCUT2D eigenvalue weighted by atomic mass is 16.5. The number of aliphatic carboxylic acids is 1. The van der Waals surface area contributed by atoms with E-state index in [9.17, 15) is 24.6 Å². The van der Waals surface area contributed by atoms with Crippen molar-refractivity contribution in [2.75, 3.05) is 33.4 Å². The number of rotatable bonds is 11. The van der Waals surface area contributed by atoms with Crippen molar-refractivity contribution >= 4 is 18.0 Å². The lowest BCUT2D eigenvalue weighted by molar-refractivity contribution is -0.152. The second-order valence-corrected chi connectivity index (χ2v) is 10.3. The molecular formula is C26H37N5O6. The van der Waals surface area contributed by atoms with Crippen LogP contribution in [0.5, 0.6) is 0 Å². The first kappa shape index (κ1) is 28.1. The molecule has 11 nitrogen and oxygen atoms in total. The molecule has 202 valence electrons. The van der Waals surface area contributed by atoms with Crippen LogP contribution in [0.1, 0.15) is 56.2 Å². The second kappa shape index (κ2) is 12.2. The van der Waals surface area contributed by atoms with Crippen molar-refractivity contribution in [1.82, 2.24) is 24.8 Å². The lowest BCUT2D eigenvalue weighted by Crippen LogP contribution is -2.59. The third-order valence-electron chi connectivity index (χ3n) is 6.69. The van der Waals surface area contributed by atoms with E-state index in [0.29, 0.717) is 25.3 Å². The van der Waals surface area contributed by atoms with E-state index >= 15 is 0 Å². The fourth-order valence-corrected chi connectivity index (χ4v) is 4.83. The van der Waals surface area contributed by atoms with E-state index in [2.05, 4.69) is 10.3 Å². The summed E-state index contributed by atoms with van der Waals surface area (Å²) in [6.45, 7) is 6.27. The van der Waals surface area contributed by atoms with E-state index in [4.69, 9.17) is 4.74 Å².